The third kappa shape index (κ3) is 5.98. The van der Waals surface area contributed by atoms with Crippen molar-refractivity contribution in [2.75, 3.05) is 5.32 Å². The standard InChI is InChI=1S/C25H23N3O3S2/c1-18(32-24-16-11-20-9-5-6-10-23(20)28-24)25(29)27-21-12-14-22(15-13-21)33(30,31)26-17-19-7-3-2-4-8-19/h2-16,18,26H,17H2,1H3,(H,27,29). The smallest absolute Gasteiger partial charge is 0.240 e. The van der Waals surface area contributed by atoms with Crippen LogP contribution in [0, 0.1) is 0 Å². The number of aromatic nitrogens is 1. The Kier molecular flexibility index (Phi) is 7.08. The van der Waals surface area contributed by atoms with Crippen LogP contribution in [0.1, 0.15) is 12.5 Å². The van der Waals surface area contributed by atoms with Gasteiger partial charge in [-0.1, -0.05) is 66.4 Å². The van der Waals surface area contributed by atoms with Gasteiger partial charge in [0.05, 0.1) is 20.7 Å². The van der Waals surface area contributed by atoms with E-state index in [1.54, 1.807) is 12.1 Å². The Morgan fingerprint density at radius 1 is 0.909 bits per heavy atom. The fraction of sp³-hybridized carbons (Fsp3) is 0.120. The monoisotopic (exact) mass is 477 g/mol. The highest BCUT2D eigenvalue weighted by molar-refractivity contribution is 8.00. The van der Waals surface area contributed by atoms with Crippen LogP contribution in [0.25, 0.3) is 10.9 Å². The molecule has 0 aliphatic carbocycles. The van der Waals surface area contributed by atoms with Gasteiger partial charge in [-0.05, 0) is 48.9 Å². The number of sulfonamides is 1. The molecular formula is C25H23N3O3S2. The van der Waals surface area contributed by atoms with E-state index in [4.69, 9.17) is 0 Å². The number of carbonyl (C=O) groups excluding carboxylic acids is 1. The number of fused-ring (bicyclic) bond motifs is 1. The van der Waals surface area contributed by atoms with Crippen LogP contribution in [-0.2, 0) is 21.4 Å². The summed E-state index contributed by atoms with van der Waals surface area (Å²) in [6.45, 7) is 2.02. The molecule has 0 saturated heterocycles. The Hall–Kier alpha value is -3.20. The Morgan fingerprint density at radius 3 is 2.36 bits per heavy atom. The molecule has 3 aromatic carbocycles. The maximum Gasteiger partial charge on any atom is 0.240 e. The minimum atomic E-state index is -3.65. The van der Waals surface area contributed by atoms with E-state index in [1.165, 1.54) is 23.9 Å². The molecule has 168 valence electrons. The van der Waals surface area contributed by atoms with Crippen molar-refractivity contribution in [1.82, 2.24) is 9.71 Å². The van der Waals surface area contributed by atoms with E-state index in [2.05, 4.69) is 15.0 Å². The van der Waals surface area contributed by atoms with Crippen LogP contribution < -0.4 is 10.0 Å². The first-order chi connectivity index (χ1) is 15.9. The lowest BCUT2D eigenvalue weighted by molar-refractivity contribution is -0.115. The van der Waals surface area contributed by atoms with Gasteiger partial charge in [-0.15, -0.1) is 0 Å². The highest BCUT2D eigenvalue weighted by Crippen LogP contribution is 2.25. The van der Waals surface area contributed by atoms with Gasteiger partial charge in [0.2, 0.25) is 15.9 Å². The van der Waals surface area contributed by atoms with E-state index in [0.717, 1.165) is 21.5 Å². The Balaban J connectivity index is 1.35. The third-order valence-corrected chi connectivity index (χ3v) is 7.43. The Labute approximate surface area is 197 Å². The third-order valence-electron chi connectivity index (χ3n) is 4.98. The maximum atomic E-state index is 12.6. The molecule has 1 aromatic heterocycles. The zero-order valence-corrected chi connectivity index (χ0v) is 19.6. The molecule has 0 radical (unpaired) electrons. The van der Waals surface area contributed by atoms with Crippen LogP contribution in [0.15, 0.2) is 101 Å². The number of carbonyl (C=O) groups is 1. The largest absolute Gasteiger partial charge is 0.325 e. The second-order valence-corrected chi connectivity index (χ2v) is 10.6. The van der Waals surface area contributed by atoms with Gasteiger partial charge in [0.15, 0.2) is 0 Å². The first kappa shape index (κ1) is 23.0. The van der Waals surface area contributed by atoms with Crippen molar-refractivity contribution < 1.29 is 13.2 Å². The molecule has 2 N–H and O–H groups in total. The second kappa shape index (κ2) is 10.2. The molecule has 0 saturated carbocycles. The second-order valence-electron chi connectivity index (χ2n) is 7.43. The van der Waals surface area contributed by atoms with E-state index >= 15 is 0 Å². The van der Waals surface area contributed by atoms with E-state index in [0.29, 0.717) is 5.69 Å². The summed E-state index contributed by atoms with van der Waals surface area (Å²) in [5.41, 5.74) is 2.28. The van der Waals surface area contributed by atoms with Crippen molar-refractivity contribution in [3.63, 3.8) is 0 Å². The number of anilines is 1. The normalized spacial score (nSPS) is 12.4. The van der Waals surface area contributed by atoms with Gasteiger partial charge in [-0.25, -0.2) is 18.1 Å². The van der Waals surface area contributed by atoms with E-state index in [9.17, 15) is 13.2 Å². The van der Waals surface area contributed by atoms with Gasteiger partial charge < -0.3 is 5.32 Å². The summed E-state index contributed by atoms with van der Waals surface area (Å²) in [6, 6.07) is 27.1. The number of nitrogens with zero attached hydrogens (tertiary/aromatic N) is 1. The van der Waals surface area contributed by atoms with Crippen LogP contribution >= 0.6 is 11.8 Å². The minimum absolute atomic E-state index is 0.138. The first-order valence-corrected chi connectivity index (χ1v) is 12.7. The van der Waals surface area contributed by atoms with Crippen LogP contribution in [0.3, 0.4) is 0 Å². The number of nitrogens with one attached hydrogen (secondary N) is 2. The van der Waals surface area contributed by atoms with Gasteiger partial charge in [-0.2, -0.15) is 0 Å². The quantitative estimate of drug-likeness (QED) is 0.355. The summed E-state index contributed by atoms with van der Waals surface area (Å²) >= 11 is 1.37. The lowest BCUT2D eigenvalue weighted by Crippen LogP contribution is -2.24. The summed E-state index contributed by atoms with van der Waals surface area (Å²) < 4.78 is 27.7. The average Bonchev–Trinajstić information content (AvgIpc) is 2.84. The minimum Gasteiger partial charge on any atom is -0.325 e. The number of amides is 1. The molecule has 4 aromatic rings. The molecule has 1 amide bonds. The SMILES string of the molecule is CC(Sc1ccc2ccccc2n1)C(=O)Nc1ccc(S(=O)(=O)NCc2ccccc2)cc1. The van der Waals surface area contributed by atoms with Crippen LogP contribution in [0.4, 0.5) is 5.69 Å². The van der Waals surface area contributed by atoms with Crippen molar-refractivity contribution >= 4 is 44.3 Å². The van der Waals surface area contributed by atoms with Gasteiger partial charge >= 0.3 is 0 Å². The predicted molar refractivity (Wildman–Crippen MR) is 133 cm³/mol. The molecule has 0 bridgehead atoms. The van der Waals surface area contributed by atoms with Crippen molar-refractivity contribution in [3.8, 4) is 0 Å². The van der Waals surface area contributed by atoms with Crippen LogP contribution in [0.5, 0.6) is 0 Å². The first-order valence-electron chi connectivity index (χ1n) is 10.4. The number of hydrogen-bond donors (Lipinski definition) is 2. The molecule has 0 aliphatic heterocycles. The van der Waals surface area contributed by atoms with Gasteiger partial charge in [0.1, 0.15) is 0 Å². The number of benzene rings is 3. The van der Waals surface area contributed by atoms with E-state index < -0.39 is 10.0 Å². The van der Waals surface area contributed by atoms with Gasteiger partial charge in [-0.3, -0.25) is 4.79 Å². The Bertz CT molecular complexity index is 1360. The van der Waals surface area contributed by atoms with Crippen molar-refractivity contribution in [3.05, 3.63) is 96.6 Å². The molecule has 0 aliphatic rings. The lowest BCUT2D eigenvalue weighted by atomic mass is 10.2. The molecule has 4 rings (SSSR count). The number of hydrogen-bond acceptors (Lipinski definition) is 5. The van der Waals surface area contributed by atoms with Gasteiger partial charge in [0, 0.05) is 17.6 Å². The number of thioether (sulfide) groups is 1. The summed E-state index contributed by atoms with van der Waals surface area (Å²) in [4.78, 5) is 17.4. The highest BCUT2D eigenvalue weighted by atomic mass is 32.2. The topological polar surface area (TPSA) is 88.2 Å². The fourth-order valence-electron chi connectivity index (χ4n) is 3.17. The summed E-state index contributed by atoms with van der Waals surface area (Å²) in [5.74, 6) is -0.187. The van der Waals surface area contributed by atoms with Crippen molar-refractivity contribution in [2.45, 2.75) is 28.6 Å². The molecular weight excluding hydrogens is 454 g/mol. The van der Waals surface area contributed by atoms with Gasteiger partial charge in [0.25, 0.3) is 0 Å². The number of para-hydroxylation sites is 1. The molecule has 0 spiro atoms. The predicted octanol–water partition coefficient (Wildman–Crippen LogP) is 4.83. The zero-order chi connectivity index (χ0) is 23.3. The zero-order valence-electron chi connectivity index (χ0n) is 17.9. The maximum absolute atomic E-state index is 12.6. The highest BCUT2D eigenvalue weighted by Gasteiger charge is 2.17. The molecule has 1 atom stereocenters. The van der Waals surface area contributed by atoms with E-state index in [-0.39, 0.29) is 22.6 Å². The molecule has 1 unspecified atom stereocenters. The number of rotatable bonds is 8. The Morgan fingerprint density at radius 2 is 1.61 bits per heavy atom. The molecule has 33 heavy (non-hydrogen) atoms. The lowest BCUT2D eigenvalue weighted by Gasteiger charge is -2.13. The van der Waals surface area contributed by atoms with Crippen molar-refractivity contribution in [1.29, 1.82) is 0 Å². The summed E-state index contributed by atoms with van der Waals surface area (Å²) in [5, 5.41) is 4.27. The van der Waals surface area contributed by atoms with Crippen molar-refractivity contribution in [2.24, 2.45) is 0 Å². The fourth-order valence-corrected chi connectivity index (χ4v) is 5.01. The average molecular weight is 478 g/mol. The van der Waals surface area contributed by atoms with E-state index in [1.807, 2.05) is 73.7 Å². The molecule has 0 fully saturated rings. The number of pyridine rings is 1. The summed E-state index contributed by atoms with van der Waals surface area (Å²) in [6.07, 6.45) is 0. The molecule has 8 heteroatoms. The van der Waals surface area contributed by atoms with Crippen LogP contribution in [-0.4, -0.2) is 24.6 Å². The van der Waals surface area contributed by atoms with Crippen LogP contribution in [0.2, 0.25) is 0 Å². The summed E-state index contributed by atoms with van der Waals surface area (Å²) in [7, 11) is -3.65. The molecule has 1 heterocycles. The molecule has 6 nitrogen and oxygen atoms in total.